The van der Waals surface area contributed by atoms with Gasteiger partial charge in [-0.15, -0.1) is 12.4 Å². The molecule has 4 rings (SSSR count). The first-order valence-electron chi connectivity index (χ1n) is 8.20. The second-order valence-corrected chi connectivity index (χ2v) is 5.79. The van der Waals surface area contributed by atoms with Crippen molar-refractivity contribution in [1.82, 2.24) is 4.98 Å². The molecule has 0 bridgehead atoms. The molecule has 130 valence electrons. The van der Waals surface area contributed by atoms with Crippen molar-refractivity contribution in [3.63, 3.8) is 0 Å². The SMILES string of the molecule is COc1ccc(Nc2cc(-c3ccccc3)nc3ccccc23)cc1.Cl. The van der Waals surface area contributed by atoms with E-state index in [4.69, 9.17) is 9.72 Å². The number of hydrogen-bond donors (Lipinski definition) is 1. The van der Waals surface area contributed by atoms with Crippen LogP contribution in [0.4, 0.5) is 11.4 Å². The number of nitrogens with one attached hydrogen (secondary N) is 1. The maximum absolute atomic E-state index is 5.23. The van der Waals surface area contributed by atoms with E-state index in [0.29, 0.717) is 0 Å². The van der Waals surface area contributed by atoms with Gasteiger partial charge >= 0.3 is 0 Å². The molecular weight excluding hydrogens is 344 g/mol. The number of aromatic nitrogens is 1. The Kier molecular flexibility index (Phi) is 5.40. The van der Waals surface area contributed by atoms with Crippen molar-refractivity contribution < 1.29 is 4.74 Å². The van der Waals surface area contributed by atoms with E-state index in [2.05, 4.69) is 29.6 Å². The van der Waals surface area contributed by atoms with Gasteiger partial charge in [0.1, 0.15) is 5.75 Å². The smallest absolute Gasteiger partial charge is 0.119 e. The van der Waals surface area contributed by atoms with Gasteiger partial charge < -0.3 is 10.1 Å². The fourth-order valence-corrected chi connectivity index (χ4v) is 2.87. The Morgan fingerprint density at radius 3 is 2.23 bits per heavy atom. The summed E-state index contributed by atoms with van der Waals surface area (Å²) in [6.45, 7) is 0. The summed E-state index contributed by atoms with van der Waals surface area (Å²) in [5.74, 6) is 0.843. The molecule has 1 aromatic heterocycles. The number of rotatable bonds is 4. The van der Waals surface area contributed by atoms with Gasteiger partial charge in [0.2, 0.25) is 0 Å². The van der Waals surface area contributed by atoms with Crippen LogP contribution in [0, 0.1) is 0 Å². The van der Waals surface area contributed by atoms with Crippen molar-refractivity contribution in [2.45, 2.75) is 0 Å². The summed E-state index contributed by atoms with van der Waals surface area (Å²) in [6.07, 6.45) is 0. The minimum absolute atomic E-state index is 0. The van der Waals surface area contributed by atoms with Crippen LogP contribution in [0.1, 0.15) is 0 Å². The van der Waals surface area contributed by atoms with Gasteiger partial charge in [0.25, 0.3) is 0 Å². The molecule has 0 unspecified atom stereocenters. The molecule has 0 aliphatic heterocycles. The lowest BCUT2D eigenvalue weighted by atomic mass is 10.1. The molecule has 0 amide bonds. The summed E-state index contributed by atoms with van der Waals surface area (Å²) in [6, 6.07) is 28.4. The Hall–Kier alpha value is -3.04. The zero-order valence-corrected chi connectivity index (χ0v) is 15.2. The Bertz CT molecular complexity index is 1000. The first-order valence-corrected chi connectivity index (χ1v) is 8.20. The normalized spacial score (nSPS) is 10.2. The largest absolute Gasteiger partial charge is 0.497 e. The lowest BCUT2D eigenvalue weighted by molar-refractivity contribution is 0.415. The first kappa shape index (κ1) is 17.8. The predicted octanol–water partition coefficient (Wildman–Crippen LogP) is 6.08. The van der Waals surface area contributed by atoms with Crippen molar-refractivity contribution in [3.05, 3.63) is 84.9 Å². The summed E-state index contributed by atoms with van der Waals surface area (Å²) < 4.78 is 5.23. The lowest BCUT2D eigenvalue weighted by Crippen LogP contribution is -1.95. The van der Waals surface area contributed by atoms with Gasteiger partial charge in [0.05, 0.1) is 24.0 Å². The van der Waals surface area contributed by atoms with Crippen LogP contribution in [0.25, 0.3) is 22.2 Å². The molecule has 0 aliphatic rings. The molecule has 4 aromatic rings. The molecular formula is C22H19ClN2O. The van der Waals surface area contributed by atoms with E-state index in [1.807, 2.05) is 60.7 Å². The molecule has 0 saturated heterocycles. The van der Waals surface area contributed by atoms with Crippen molar-refractivity contribution in [1.29, 1.82) is 0 Å². The molecule has 0 spiro atoms. The number of benzene rings is 3. The molecule has 3 aromatic carbocycles. The van der Waals surface area contributed by atoms with E-state index in [-0.39, 0.29) is 12.4 Å². The third-order valence-electron chi connectivity index (χ3n) is 4.15. The van der Waals surface area contributed by atoms with Crippen LogP contribution in [0.3, 0.4) is 0 Å². The Labute approximate surface area is 159 Å². The van der Waals surface area contributed by atoms with Gasteiger partial charge in [-0.2, -0.15) is 0 Å². The van der Waals surface area contributed by atoms with E-state index < -0.39 is 0 Å². The topological polar surface area (TPSA) is 34.1 Å². The highest BCUT2D eigenvalue weighted by Gasteiger charge is 2.08. The van der Waals surface area contributed by atoms with E-state index in [1.165, 1.54) is 0 Å². The van der Waals surface area contributed by atoms with Gasteiger partial charge in [-0.25, -0.2) is 4.98 Å². The van der Waals surface area contributed by atoms with Crippen LogP contribution in [-0.2, 0) is 0 Å². The molecule has 4 heteroatoms. The predicted molar refractivity (Wildman–Crippen MR) is 111 cm³/mol. The summed E-state index contributed by atoms with van der Waals surface area (Å²) in [5, 5.41) is 4.61. The average molecular weight is 363 g/mol. The maximum Gasteiger partial charge on any atom is 0.119 e. The molecule has 3 nitrogen and oxygen atoms in total. The summed E-state index contributed by atoms with van der Waals surface area (Å²) in [7, 11) is 1.67. The quantitative estimate of drug-likeness (QED) is 0.478. The van der Waals surface area contributed by atoms with E-state index in [9.17, 15) is 0 Å². The monoisotopic (exact) mass is 362 g/mol. The number of nitrogens with zero attached hydrogens (tertiary/aromatic N) is 1. The average Bonchev–Trinajstić information content (AvgIpc) is 2.69. The number of hydrogen-bond acceptors (Lipinski definition) is 3. The number of ether oxygens (including phenoxy) is 1. The lowest BCUT2D eigenvalue weighted by Gasteiger charge is -2.12. The number of anilines is 2. The number of halogens is 1. The van der Waals surface area contributed by atoms with Crippen LogP contribution in [-0.4, -0.2) is 12.1 Å². The first-order chi connectivity index (χ1) is 12.3. The highest BCUT2D eigenvalue weighted by molar-refractivity contribution is 5.95. The number of fused-ring (bicyclic) bond motifs is 1. The number of para-hydroxylation sites is 1. The van der Waals surface area contributed by atoms with Crippen molar-refractivity contribution in [2.24, 2.45) is 0 Å². The minimum Gasteiger partial charge on any atom is -0.497 e. The van der Waals surface area contributed by atoms with Crippen LogP contribution in [0.5, 0.6) is 5.75 Å². The third-order valence-corrected chi connectivity index (χ3v) is 4.15. The molecule has 1 heterocycles. The van der Waals surface area contributed by atoms with E-state index in [0.717, 1.165) is 39.3 Å². The van der Waals surface area contributed by atoms with Crippen LogP contribution in [0.15, 0.2) is 84.9 Å². The second-order valence-electron chi connectivity index (χ2n) is 5.79. The molecule has 26 heavy (non-hydrogen) atoms. The zero-order valence-electron chi connectivity index (χ0n) is 14.3. The Morgan fingerprint density at radius 1 is 0.808 bits per heavy atom. The fraction of sp³-hybridized carbons (Fsp3) is 0.0455. The molecule has 1 N–H and O–H groups in total. The van der Waals surface area contributed by atoms with Gasteiger partial charge in [0, 0.05) is 16.6 Å². The molecule has 0 atom stereocenters. The maximum atomic E-state index is 5.23. The van der Waals surface area contributed by atoms with Crippen molar-refractivity contribution in [2.75, 3.05) is 12.4 Å². The van der Waals surface area contributed by atoms with Gasteiger partial charge in [-0.05, 0) is 36.4 Å². The van der Waals surface area contributed by atoms with Crippen molar-refractivity contribution >= 4 is 34.7 Å². The highest BCUT2D eigenvalue weighted by atomic mass is 35.5. The van der Waals surface area contributed by atoms with E-state index in [1.54, 1.807) is 7.11 Å². The second kappa shape index (κ2) is 7.89. The Morgan fingerprint density at radius 2 is 1.50 bits per heavy atom. The molecule has 0 saturated carbocycles. The third kappa shape index (κ3) is 3.63. The van der Waals surface area contributed by atoms with Crippen LogP contribution < -0.4 is 10.1 Å². The summed E-state index contributed by atoms with van der Waals surface area (Å²) >= 11 is 0. The molecule has 0 aliphatic carbocycles. The van der Waals surface area contributed by atoms with Crippen LogP contribution in [0.2, 0.25) is 0 Å². The van der Waals surface area contributed by atoms with Crippen molar-refractivity contribution in [3.8, 4) is 17.0 Å². The molecule has 0 fully saturated rings. The zero-order chi connectivity index (χ0) is 17.1. The van der Waals surface area contributed by atoms with Gasteiger partial charge in [-0.3, -0.25) is 0 Å². The highest BCUT2D eigenvalue weighted by Crippen LogP contribution is 2.30. The van der Waals surface area contributed by atoms with Gasteiger partial charge in [-0.1, -0.05) is 48.5 Å². The van der Waals surface area contributed by atoms with E-state index >= 15 is 0 Å². The Balaban J connectivity index is 0.00000196. The number of pyridine rings is 1. The summed E-state index contributed by atoms with van der Waals surface area (Å²) in [5.41, 5.74) is 5.08. The number of methoxy groups -OCH3 is 1. The summed E-state index contributed by atoms with van der Waals surface area (Å²) in [4.78, 5) is 4.82. The fourth-order valence-electron chi connectivity index (χ4n) is 2.87. The minimum atomic E-state index is 0. The van der Waals surface area contributed by atoms with Crippen LogP contribution >= 0.6 is 12.4 Å². The van der Waals surface area contributed by atoms with Gasteiger partial charge in [0.15, 0.2) is 0 Å². The standard InChI is InChI=1S/C22H18N2O.ClH/c1-25-18-13-11-17(12-14-18)23-22-15-21(16-7-3-2-4-8-16)24-20-10-6-5-9-19(20)22;/h2-15H,1H3,(H,23,24);1H. The molecule has 0 radical (unpaired) electrons.